The molecule has 0 aliphatic carbocycles. The number of aliphatic hydroxyl groups is 1. The standard InChI is InChI=1S/C12H16F3NO3S/c1-9-5-10(2)7-11(6-9)20(18,19)16(3-4-17)8-12(13,14)15/h5-7,17H,3-4,8H2,1-2H3. The molecule has 1 N–H and O–H groups in total. The molecule has 0 aliphatic rings. The number of benzene rings is 1. The number of aliphatic hydroxyl groups excluding tert-OH is 1. The molecule has 0 saturated heterocycles. The maximum absolute atomic E-state index is 12.4. The van der Waals surface area contributed by atoms with E-state index in [2.05, 4.69) is 0 Å². The quantitative estimate of drug-likeness (QED) is 0.903. The lowest BCUT2D eigenvalue weighted by Gasteiger charge is -2.23. The van der Waals surface area contributed by atoms with Gasteiger partial charge in [-0.1, -0.05) is 6.07 Å². The smallest absolute Gasteiger partial charge is 0.395 e. The lowest BCUT2D eigenvalue weighted by atomic mass is 10.2. The number of hydrogen-bond acceptors (Lipinski definition) is 3. The van der Waals surface area contributed by atoms with Gasteiger partial charge in [0.15, 0.2) is 0 Å². The van der Waals surface area contributed by atoms with Crippen molar-refractivity contribution in [2.45, 2.75) is 24.9 Å². The maximum Gasteiger partial charge on any atom is 0.402 e. The van der Waals surface area contributed by atoms with Gasteiger partial charge < -0.3 is 5.11 Å². The van der Waals surface area contributed by atoms with Crippen LogP contribution in [0.1, 0.15) is 11.1 Å². The monoisotopic (exact) mass is 311 g/mol. The Hall–Kier alpha value is -1.12. The highest BCUT2D eigenvalue weighted by Gasteiger charge is 2.36. The molecule has 0 amide bonds. The van der Waals surface area contributed by atoms with E-state index in [9.17, 15) is 21.6 Å². The minimum absolute atomic E-state index is 0.201. The number of alkyl halides is 3. The molecule has 0 atom stereocenters. The summed E-state index contributed by atoms with van der Waals surface area (Å²) < 4.78 is 62.0. The molecule has 20 heavy (non-hydrogen) atoms. The van der Waals surface area contributed by atoms with E-state index in [1.807, 2.05) is 0 Å². The first kappa shape index (κ1) is 16.9. The van der Waals surface area contributed by atoms with Crippen LogP contribution in [0.25, 0.3) is 0 Å². The lowest BCUT2D eigenvalue weighted by Crippen LogP contribution is -2.40. The SMILES string of the molecule is Cc1cc(C)cc(S(=O)(=O)N(CCO)CC(F)(F)F)c1. The molecule has 0 aromatic heterocycles. The van der Waals surface area contributed by atoms with Crippen LogP contribution in [0.2, 0.25) is 0 Å². The van der Waals surface area contributed by atoms with Crippen molar-refractivity contribution in [3.63, 3.8) is 0 Å². The molecule has 1 rings (SSSR count). The van der Waals surface area contributed by atoms with Gasteiger partial charge in [-0.05, 0) is 37.1 Å². The molecule has 0 radical (unpaired) electrons. The van der Waals surface area contributed by atoms with Crippen molar-refractivity contribution < 1.29 is 26.7 Å². The number of sulfonamides is 1. The molecule has 0 unspecified atom stereocenters. The van der Waals surface area contributed by atoms with E-state index in [0.717, 1.165) is 0 Å². The van der Waals surface area contributed by atoms with E-state index in [1.165, 1.54) is 12.1 Å². The van der Waals surface area contributed by atoms with Crippen molar-refractivity contribution in [3.8, 4) is 0 Å². The molecule has 0 spiro atoms. The molecule has 0 saturated carbocycles. The first-order valence-electron chi connectivity index (χ1n) is 5.82. The van der Waals surface area contributed by atoms with Gasteiger partial charge in [-0.3, -0.25) is 0 Å². The van der Waals surface area contributed by atoms with Gasteiger partial charge in [0.1, 0.15) is 6.54 Å². The van der Waals surface area contributed by atoms with Crippen LogP contribution in [0.15, 0.2) is 23.1 Å². The summed E-state index contributed by atoms with van der Waals surface area (Å²) in [5.74, 6) is 0. The van der Waals surface area contributed by atoms with Crippen LogP contribution in [0.3, 0.4) is 0 Å². The summed E-state index contributed by atoms with van der Waals surface area (Å²) in [6.45, 7) is 0.413. The van der Waals surface area contributed by atoms with E-state index < -0.39 is 35.9 Å². The second-order valence-electron chi connectivity index (χ2n) is 4.50. The van der Waals surface area contributed by atoms with Crippen LogP contribution >= 0.6 is 0 Å². The fourth-order valence-electron chi connectivity index (χ4n) is 1.83. The molecule has 0 bridgehead atoms. The lowest BCUT2D eigenvalue weighted by molar-refractivity contribution is -0.136. The van der Waals surface area contributed by atoms with Crippen molar-refractivity contribution in [1.29, 1.82) is 0 Å². The van der Waals surface area contributed by atoms with Crippen LogP contribution in [0.5, 0.6) is 0 Å². The van der Waals surface area contributed by atoms with Crippen molar-refractivity contribution in [2.24, 2.45) is 0 Å². The van der Waals surface area contributed by atoms with Crippen molar-refractivity contribution in [1.82, 2.24) is 4.31 Å². The Bertz CT molecular complexity index is 550. The molecule has 1 aromatic rings. The van der Waals surface area contributed by atoms with Crippen LogP contribution in [0, 0.1) is 13.8 Å². The molecule has 0 aliphatic heterocycles. The van der Waals surface area contributed by atoms with Gasteiger partial charge in [0.05, 0.1) is 11.5 Å². The number of rotatable bonds is 5. The van der Waals surface area contributed by atoms with E-state index in [4.69, 9.17) is 5.11 Å². The van der Waals surface area contributed by atoms with Gasteiger partial charge >= 0.3 is 6.18 Å². The fourth-order valence-corrected chi connectivity index (χ4v) is 3.43. The Kier molecular flexibility index (Phi) is 5.17. The third kappa shape index (κ3) is 4.46. The zero-order valence-electron chi connectivity index (χ0n) is 11.1. The minimum atomic E-state index is -4.67. The predicted molar refractivity (Wildman–Crippen MR) is 67.8 cm³/mol. The van der Waals surface area contributed by atoms with E-state index in [1.54, 1.807) is 19.9 Å². The van der Waals surface area contributed by atoms with Crippen molar-refractivity contribution in [2.75, 3.05) is 19.7 Å². The highest BCUT2D eigenvalue weighted by Crippen LogP contribution is 2.23. The highest BCUT2D eigenvalue weighted by molar-refractivity contribution is 7.89. The molecular formula is C12H16F3NO3S. The number of halogens is 3. The Balaban J connectivity index is 3.22. The zero-order valence-corrected chi connectivity index (χ0v) is 11.9. The molecule has 114 valence electrons. The van der Waals surface area contributed by atoms with Crippen LogP contribution < -0.4 is 0 Å². The van der Waals surface area contributed by atoms with Gasteiger partial charge in [-0.15, -0.1) is 0 Å². The molecular weight excluding hydrogens is 295 g/mol. The third-order valence-corrected chi connectivity index (χ3v) is 4.36. The molecule has 4 nitrogen and oxygen atoms in total. The topological polar surface area (TPSA) is 57.6 Å². The molecule has 1 aromatic carbocycles. The average molecular weight is 311 g/mol. The maximum atomic E-state index is 12.4. The van der Waals surface area contributed by atoms with E-state index in [0.29, 0.717) is 11.1 Å². The zero-order chi connectivity index (χ0) is 15.6. The first-order valence-corrected chi connectivity index (χ1v) is 7.26. The van der Waals surface area contributed by atoms with Crippen molar-refractivity contribution >= 4 is 10.0 Å². The van der Waals surface area contributed by atoms with Crippen LogP contribution in [0.4, 0.5) is 13.2 Å². The minimum Gasteiger partial charge on any atom is -0.395 e. The Morgan fingerprint density at radius 3 is 2.05 bits per heavy atom. The molecule has 8 heteroatoms. The largest absolute Gasteiger partial charge is 0.402 e. The van der Waals surface area contributed by atoms with Gasteiger partial charge in [-0.2, -0.15) is 17.5 Å². The van der Waals surface area contributed by atoms with Gasteiger partial charge in [0, 0.05) is 6.54 Å². The number of aryl methyl sites for hydroxylation is 2. The summed E-state index contributed by atoms with van der Waals surface area (Å²) in [4.78, 5) is -0.201. The molecule has 0 heterocycles. The summed E-state index contributed by atoms with van der Waals surface area (Å²) in [6.07, 6.45) is -4.67. The second kappa shape index (κ2) is 6.11. The Labute approximate surface area is 115 Å². The van der Waals surface area contributed by atoms with Crippen LogP contribution in [-0.4, -0.2) is 43.7 Å². The number of nitrogens with zero attached hydrogens (tertiary/aromatic N) is 1. The van der Waals surface area contributed by atoms with E-state index in [-0.39, 0.29) is 9.20 Å². The first-order chi connectivity index (χ1) is 9.06. The number of hydrogen-bond donors (Lipinski definition) is 1. The summed E-state index contributed by atoms with van der Waals surface area (Å²) in [7, 11) is -4.29. The third-order valence-electron chi connectivity index (χ3n) is 2.54. The van der Waals surface area contributed by atoms with Gasteiger partial charge in [0.2, 0.25) is 10.0 Å². The normalized spacial score (nSPS) is 12.9. The van der Waals surface area contributed by atoms with Crippen molar-refractivity contribution in [3.05, 3.63) is 29.3 Å². The van der Waals surface area contributed by atoms with Gasteiger partial charge in [-0.25, -0.2) is 8.42 Å². The fraction of sp³-hybridized carbons (Fsp3) is 0.500. The molecule has 0 fully saturated rings. The predicted octanol–water partition coefficient (Wildman–Crippen LogP) is 1.85. The van der Waals surface area contributed by atoms with Gasteiger partial charge in [0.25, 0.3) is 0 Å². The second-order valence-corrected chi connectivity index (χ2v) is 6.44. The Morgan fingerprint density at radius 2 is 1.65 bits per heavy atom. The summed E-state index contributed by atoms with van der Waals surface area (Å²) in [6, 6.07) is 4.34. The van der Waals surface area contributed by atoms with E-state index >= 15 is 0 Å². The summed E-state index contributed by atoms with van der Waals surface area (Å²) in [5.41, 5.74) is 1.28. The summed E-state index contributed by atoms with van der Waals surface area (Å²) in [5, 5.41) is 8.78. The average Bonchev–Trinajstić information content (AvgIpc) is 2.25. The Morgan fingerprint density at radius 1 is 1.15 bits per heavy atom. The summed E-state index contributed by atoms with van der Waals surface area (Å²) >= 11 is 0. The highest BCUT2D eigenvalue weighted by atomic mass is 32.2. The van der Waals surface area contributed by atoms with Crippen LogP contribution in [-0.2, 0) is 10.0 Å².